The number of fused-ring (bicyclic) bond motifs is 1. The van der Waals surface area contributed by atoms with Gasteiger partial charge in [0.2, 0.25) is 0 Å². The molecule has 1 spiro atoms. The second-order valence-electron chi connectivity index (χ2n) is 8.93. The molecule has 4 rings (SSSR count). The molecule has 1 aromatic heterocycles. The molecule has 0 radical (unpaired) electrons. The number of piperidine rings is 1. The molecule has 1 aromatic carbocycles. The lowest BCUT2D eigenvalue weighted by Crippen LogP contribution is -2.49. The molecule has 2 heterocycles. The lowest BCUT2D eigenvalue weighted by atomic mass is 9.73. The monoisotopic (exact) mass is 416 g/mol. The molecular formula is C21H28N4OS2. The van der Waals surface area contributed by atoms with Crippen LogP contribution in [0.3, 0.4) is 0 Å². The fourth-order valence-corrected chi connectivity index (χ4v) is 5.47. The van der Waals surface area contributed by atoms with Crippen LogP contribution in [0, 0.1) is 10.1 Å². The Hall–Kier alpha value is -1.41. The maximum Gasteiger partial charge on any atom is 0.144 e. The Labute approximate surface area is 175 Å². The zero-order valence-electron chi connectivity index (χ0n) is 16.7. The van der Waals surface area contributed by atoms with Gasteiger partial charge in [-0.25, -0.2) is 4.98 Å². The molecule has 2 aliphatic rings. The van der Waals surface area contributed by atoms with Gasteiger partial charge in [-0.1, -0.05) is 36.5 Å². The minimum absolute atomic E-state index is 0.1000. The number of H-pyrrole nitrogens is 1. The fraction of sp³-hybridized carbons (Fsp3) is 0.524. The summed E-state index contributed by atoms with van der Waals surface area (Å²) in [5.41, 5.74) is 2.81. The number of nitrogens with one attached hydrogen (secondary N) is 2. The lowest BCUT2D eigenvalue weighted by molar-refractivity contribution is 0.176. The zero-order chi connectivity index (χ0) is 19.9. The lowest BCUT2D eigenvalue weighted by Gasteiger charge is -2.44. The molecule has 5 nitrogen and oxygen atoms in total. The normalized spacial score (nSPS) is 22.3. The Morgan fingerprint density at radius 3 is 2.64 bits per heavy atom. The van der Waals surface area contributed by atoms with E-state index in [4.69, 9.17) is 12.2 Å². The van der Waals surface area contributed by atoms with Crippen molar-refractivity contribution < 1.29 is 4.55 Å². The van der Waals surface area contributed by atoms with Crippen LogP contribution >= 0.6 is 12.2 Å². The maximum atomic E-state index is 12.9. The molecule has 28 heavy (non-hydrogen) atoms. The molecule has 1 aliphatic carbocycles. The first-order valence-corrected chi connectivity index (χ1v) is 11.4. The number of benzene rings is 1. The third kappa shape index (κ3) is 3.73. The molecular weight excluding hydrogens is 388 g/mol. The average molecular weight is 417 g/mol. The van der Waals surface area contributed by atoms with Gasteiger partial charge in [0, 0.05) is 36.1 Å². The van der Waals surface area contributed by atoms with Gasteiger partial charge in [-0.3, -0.25) is 0 Å². The maximum absolute atomic E-state index is 12.9. The number of rotatable bonds is 3. The van der Waals surface area contributed by atoms with Crippen LogP contribution in [0.25, 0.3) is 0 Å². The van der Waals surface area contributed by atoms with Crippen LogP contribution in [-0.4, -0.2) is 32.4 Å². The smallest absolute Gasteiger partial charge is 0.144 e. The van der Waals surface area contributed by atoms with Crippen molar-refractivity contribution in [3.63, 3.8) is 0 Å². The van der Waals surface area contributed by atoms with Crippen molar-refractivity contribution in [3.05, 3.63) is 52.4 Å². The summed E-state index contributed by atoms with van der Waals surface area (Å²) in [7, 11) is 0. The molecule has 0 saturated carbocycles. The molecule has 2 aromatic rings. The van der Waals surface area contributed by atoms with Gasteiger partial charge in [-0.05, 0) is 51.2 Å². The topological polar surface area (TPSA) is 67.0 Å². The van der Waals surface area contributed by atoms with Crippen molar-refractivity contribution >= 4 is 29.4 Å². The van der Waals surface area contributed by atoms with Crippen LogP contribution in [-0.2, 0) is 17.8 Å². The predicted molar refractivity (Wildman–Crippen MR) is 117 cm³/mol. The van der Waals surface area contributed by atoms with Crippen molar-refractivity contribution in [1.82, 2.24) is 14.7 Å². The van der Waals surface area contributed by atoms with E-state index in [1.165, 1.54) is 11.1 Å². The Morgan fingerprint density at radius 2 is 2.00 bits per heavy atom. The summed E-state index contributed by atoms with van der Waals surface area (Å²) in [6.45, 7) is 7.95. The Balaban J connectivity index is 1.57. The van der Waals surface area contributed by atoms with Crippen LogP contribution in [0.2, 0.25) is 0 Å². The van der Waals surface area contributed by atoms with E-state index in [2.05, 4.69) is 43.9 Å². The van der Waals surface area contributed by atoms with Gasteiger partial charge in [-0.2, -0.15) is 0 Å². The third-order valence-electron chi connectivity index (χ3n) is 6.04. The van der Waals surface area contributed by atoms with Crippen molar-refractivity contribution in [1.29, 1.82) is 0 Å². The average Bonchev–Trinajstić information content (AvgIpc) is 2.95. The number of anilines is 1. The van der Waals surface area contributed by atoms with Gasteiger partial charge in [0.05, 0.1) is 12.2 Å². The summed E-state index contributed by atoms with van der Waals surface area (Å²) < 4.78 is 16.8. The molecule has 2 N–H and O–H groups in total. The summed E-state index contributed by atoms with van der Waals surface area (Å²) in [5, 5.41) is 0. The summed E-state index contributed by atoms with van der Waals surface area (Å²) >= 11 is 4.01. The molecule has 1 saturated heterocycles. The van der Waals surface area contributed by atoms with E-state index in [1.54, 1.807) is 6.20 Å². The highest BCUT2D eigenvalue weighted by atomic mass is 32.2. The number of aromatic nitrogens is 2. The van der Waals surface area contributed by atoms with E-state index in [0.717, 1.165) is 38.2 Å². The summed E-state index contributed by atoms with van der Waals surface area (Å²) in [4.78, 5) is 9.88. The predicted octanol–water partition coefficient (Wildman–Crippen LogP) is 4.07. The van der Waals surface area contributed by atoms with Crippen molar-refractivity contribution in [3.8, 4) is 0 Å². The van der Waals surface area contributed by atoms with Crippen molar-refractivity contribution in [2.45, 2.75) is 50.8 Å². The van der Waals surface area contributed by atoms with Crippen molar-refractivity contribution in [2.24, 2.45) is 5.41 Å². The second kappa shape index (κ2) is 7.44. The van der Waals surface area contributed by atoms with Gasteiger partial charge < -0.3 is 14.4 Å². The molecule has 7 heteroatoms. The minimum Gasteiger partial charge on any atom is -0.598 e. The number of nitrogens with zero attached hydrogens (tertiary/aromatic N) is 2. The minimum atomic E-state index is -1.10. The molecule has 2 atom stereocenters. The van der Waals surface area contributed by atoms with E-state index in [-0.39, 0.29) is 16.2 Å². The molecule has 0 amide bonds. The first-order valence-electron chi connectivity index (χ1n) is 9.84. The van der Waals surface area contributed by atoms with Gasteiger partial charge in [0.15, 0.2) is 0 Å². The van der Waals surface area contributed by atoms with E-state index in [1.807, 2.05) is 27.0 Å². The summed E-state index contributed by atoms with van der Waals surface area (Å²) in [6.07, 6.45) is 6.72. The molecule has 0 bridgehead atoms. The highest BCUT2D eigenvalue weighted by Crippen LogP contribution is 2.52. The number of hydrogen-bond acceptors (Lipinski definition) is 5. The van der Waals surface area contributed by atoms with E-state index < -0.39 is 11.4 Å². The Morgan fingerprint density at radius 1 is 1.29 bits per heavy atom. The van der Waals surface area contributed by atoms with Crippen LogP contribution < -0.4 is 9.62 Å². The first-order chi connectivity index (χ1) is 13.3. The fourth-order valence-electron chi connectivity index (χ4n) is 4.41. The standard InChI is InChI=1S/C21H28N4OS2/c1-20(2,3)28(26)24-19-16-7-5-4-6-15(16)12-21(19)8-10-25(11-9-21)17-13-23-18(27)14-22-17/h4-7,13-14,19,24H,8-12H2,1-3H3,(H,23,27)/t19-,28?/m1/s1. The van der Waals surface area contributed by atoms with Crippen LogP contribution in [0.1, 0.15) is 50.8 Å². The number of aromatic amines is 1. The van der Waals surface area contributed by atoms with Crippen molar-refractivity contribution in [2.75, 3.05) is 18.0 Å². The molecule has 1 fully saturated rings. The Bertz CT molecular complexity index is 879. The SMILES string of the molecule is CC(C)(C)[S+]([O-])N[C@@H]1c2ccccc2CC12CCN(c1c[nH]c(=S)cn1)CC2. The summed E-state index contributed by atoms with van der Waals surface area (Å²) in [6, 6.07) is 8.76. The molecule has 150 valence electrons. The summed E-state index contributed by atoms with van der Waals surface area (Å²) in [5.74, 6) is 0.946. The van der Waals surface area contributed by atoms with Gasteiger partial charge in [0.25, 0.3) is 0 Å². The molecule has 1 aliphatic heterocycles. The Kier molecular flexibility index (Phi) is 5.29. The van der Waals surface area contributed by atoms with Crippen LogP contribution in [0.15, 0.2) is 36.7 Å². The van der Waals surface area contributed by atoms with Gasteiger partial charge in [-0.15, -0.1) is 4.72 Å². The highest BCUT2D eigenvalue weighted by molar-refractivity contribution is 7.90. The number of hydrogen-bond donors (Lipinski definition) is 2. The second-order valence-corrected chi connectivity index (χ2v) is 11.4. The van der Waals surface area contributed by atoms with E-state index in [9.17, 15) is 4.55 Å². The van der Waals surface area contributed by atoms with Gasteiger partial charge >= 0.3 is 0 Å². The van der Waals surface area contributed by atoms with Crippen LogP contribution in [0.5, 0.6) is 0 Å². The van der Waals surface area contributed by atoms with Gasteiger partial charge in [0.1, 0.15) is 15.2 Å². The molecule has 1 unspecified atom stereocenters. The quantitative estimate of drug-likeness (QED) is 0.583. The van der Waals surface area contributed by atoms with E-state index >= 15 is 0 Å². The van der Waals surface area contributed by atoms with E-state index in [0.29, 0.717) is 4.64 Å². The highest BCUT2D eigenvalue weighted by Gasteiger charge is 2.50. The first kappa shape index (κ1) is 19.9. The largest absolute Gasteiger partial charge is 0.598 e. The third-order valence-corrected chi connectivity index (χ3v) is 7.83. The zero-order valence-corrected chi connectivity index (χ0v) is 18.3. The van der Waals surface area contributed by atoms with Crippen LogP contribution in [0.4, 0.5) is 5.82 Å².